The molecule has 2 heterocycles. The van der Waals surface area contributed by atoms with Crippen LogP contribution in [0.1, 0.15) is 28.3 Å². The maximum Gasteiger partial charge on any atom is 0.323 e. The Balaban J connectivity index is 2.11. The molecular weight excluding hydrogens is 350 g/mol. The van der Waals surface area contributed by atoms with Crippen LogP contribution in [0.15, 0.2) is 33.5 Å². The lowest BCUT2D eigenvalue weighted by Gasteiger charge is -2.17. The van der Waals surface area contributed by atoms with Gasteiger partial charge in [0, 0.05) is 14.2 Å². The summed E-state index contributed by atoms with van der Waals surface area (Å²) in [6.45, 7) is 2.16. The van der Waals surface area contributed by atoms with Crippen molar-refractivity contribution in [2.24, 2.45) is 0 Å². The minimum Gasteiger partial charge on any atom is -0.309 e. The Kier molecular flexibility index (Phi) is 4.01. The Bertz CT molecular complexity index is 833. The van der Waals surface area contributed by atoms with E-state index in [0.717, 1.165) is 27.5 Å². The van der Waals surface area contributed by atoms with Crippen LogP contribution in [0.3, 0.4) is 0 Å². The number of aromatic nitrogens is 2. The molecule has 110 valence electrons. The lowest BCUT2D eigenvalue weighted by Crippen LogP contribution is -2.17. The molecule has 0 bridgehead atoms. The van der Waals surface area contributed by atoms with E-state index in [1.165, 1.54) is 9.75 Å². The number of nitrogens with one attached hydrogen (secondary N) is 3. The van der Waals surface area contributed by atoms with E-state index in [2.05, 4.69) is 50.3 Å². The van der Waals surface area contributed by atoms with Gasteiger partial charge in [-0.15, -0.1) is 11.3 Å². The van der Waals surface area contributed by atoms with E-state index in [-0.39, 0.29) is 11.7 Å². The van der Waals surface area contributed by atoms with E-state index in [0.29, 0.717) is 0 Å². The standard InChI is InChI=1S/C15H16BrN3OS/c1-3-8-4-5-13(21-8)14(17-2)9-6-11-12(7-10(9)16)19-15(20)18-11/h4-7,14,17H,3H2,1-2H3,(H2,18,19,20). The quantitative estimate of drug-likeness (QED) is 0.661. The molecule has 1 aromatic carbocycles. The van der Waals surface area contributed by atoms with Gasteiger partial charge in [-0.3, -0.25) is 0 Å². The van der Waals surface area contributed by atoms with Gasteiger partial charge in [0.1, 0.15) is 0 Å². The molecule has 0 aliphatic carbocycles. The predicted octanol–water partition coefficient (Wildman–Crippen LogP) is 3.55. The predicted molar refractivity (Wildman–Crippen MR) is 91.2 cm³/mol. The van der Waals surface area contributed by atoms with Gasteiger partial charge in [0.15, 0.2) is 0 Å². The number of rotatable bonds is 4. The summed E-state index contributed by atoms with van der Waals surface area (Å²) in [6, 6.07) is 8.41. The van der Waals surface area contributed by atoms with E-state index in [1.807, 2.05) is 30.5 Å². The van der Waals surface area contributed by atoms with Crippen molar-refractivity contribution >= 4 is 38.3 Å². The molecule has 0 fully saturated rings. The third-order valence-electron chi connectivity index (χ3n) is 3.55. The van der Waals surface area contributed by atoms with E-state index >= 15 is 0 Å². The van der Waals surface area contributed by atoms with Gasteiger partial charge in [-0.05, 0) is 43.3 Å². The minimum absolute atomic E-state index is 0.104. The van der Waals surface area contributed by atoms with Gasteiger partial charge in [0.25, 0.3) is 0 Å². The number of thiophene rings is 1. The third-order valence-corrected chi connectivity index (χ3v) is 5.53. The van der Waals surface area contributed by atoms with Crippen LogP contribution in [0, 0.1) is 0 Å². The van der Waals surface area contributed by atoms with Gasteiger partial charge in [-0.1, -0.05) is 22.9 Å². The number of aryl methyl sites for hydroxylation is 1. The van der Waals surface area contributed by atoms with Crippen molar-refractivity contribution in [3.05, 3.63) is 54.5 Å². The highest BCUT2D eigenvalue weighted by molar-refractivity contribution is 9.10. The zero-order valence-electron chi connectivity index (χ0n) is 11.8. The molecule has 0 saturated heterocycles. The Labute approximate surface area is 134 Å². The molecule has 0 spiro atoms. The van der Waals surface area contributed by atoms with Crippen LogP contribution >= 0.6 is 27.3 Å². The van der Waals surface area contributed by atoms with Gasteiger partial charge in [0.05, 0.1) is 17.1 Å². The van der Waals surface area contributed by atoms with Crippen molar-refractivity contribution in [2.75, 3.05) is 7.05 Å². The van der Waals surface area contributed by atoms with Crippen LogP contribution in [-0.2, 0) is 6.42 Å². The van der Waals surface area contributed by atoms with Crippen LogP contribution < -0.4 is 11.0 Å². The van der Waals surface area contributed by atoms with Crippen molar-refractivity contribution in [3.8, 4) is 0 Å². The Morgan fingerprint density at radius 1 is 1.29 bits per heavy atom. The molecule has 1 unspecified atom stereocenters. The number of halogens is 1. The van der Waals surface area contributed by atoms with Crippen LogP contribution in [0.5, 0.6) is 0 Å². The highest BCUT2D eigenvalue weighted by Gasteiger charge is 2.18. The van der Waals surface area contributed by atoms with Crippen LogP contribution in [0.25, 0.3) is 11.0 Å². The van der Waals surface area contributed by atoms with Gasteiger partial charge in [0.2, 0.25) is 0 Å². The SMILES string of the molecule is CCc1ccc(C(NC)c2cc3[nH]c(=O)[nH]c3cc2Br)s1. The Morgan fingerprint density at radius 3 is 2.62 bits per heavy atom. The number of H-pyrrole nitrogens is 2. The van der Waals surface area contributed by atoms with E-state index in [9.17, 15) is 4.79 Å². The molecule has 6 heteroatoms. The first kappa shape index (κ1) is 14.6. The zero-order chi connectivity index (χ0) is 15.0. The molecule has 1 atom stereocenters. The number of hydrogen-bond acceptors (Lipinski definition) is 3. The third kappa shape index (κ3) is 2.71. The Morgan fingerprint density at radius 2 is 2.00 bits per heavy atom. The molecule has 0 amide bonds. The number of benzene rings is 1. The average Bonchev–Trinajstić information content (AvgIpc) is 3.05. The number of imidazole rings is 1. The average molecular weight is 366 g/mol. The van der Waals surface area contributed by atoms with Crippen molar-refractivity contribution in [1.82, 2.24) is 15.3 Å². The first-order valence-electron chi connectivity index (χ1n) is 6.79. The van der Waals surface area contributed by atoms with Gasteiger partial charge in [-0.2, -0.15) is 0 Å². The monoisotopic (exact) mass is 365 g/mol. The molecule has 4 nitrogen and oxygen atoms in total. The van der Waals surface area contributed by atoms with Gasteiger partial charge >= 0.3 is 5.69 Å². The normalized spacial score (nSPS) is 12.9. The smallest absolute Gasteiger partial charge is 0.309 e. The number of aromatic amines is 2. The Hall–Kier alpha value is -1.37. The van der Waals surface area contributed by atoms with Crippen LogP contribution in [0.4, 0.5) is 0 Å². The summed E-state index contributed by atoms with van der Waals surface area (Å²) in [4.78, 5) is 19.7. The van der Waals surface area contributed by atoms with E-state index < -0.39 is 0 Å². The van der Waals surface area contributed by atoms with Crippen molar-refractivity contribution in [2.45, 2.75) is 19.4 Å². The second-order valence-electron chi connectivity index (χ2n) is 4.88. The molecule has 2 aromatic heterocycles. The highest BCUT2D eigenvalue weighted by atomic mass is 79.9. The molecular formula is C15H16BrN3OS. The molecule has 3 aromatic rings. The fourth-order valence-electron chi connectivity index (χ4n) is 2.48. The molecule has 0 saturated carbocycles. The van der Waals surface area contributed by atoms with Crippen molar-refractivity contribution in [1.29, 1.82) is 0 Å². The highest BCUT2D eigenvalue weighted by Crippen LogP contribution is 2.34. The first-order chi connectivity index (χ1) is 10.1. The van der Waals surface area contributed by atoms with Gasteiger partial charge in [-0.25, -0.2) is 4.79 Å². The fraction of sp³-hybridized carbons (Fsp3) is 0.267. The maximum atomic E-state index is 11.4. The molecule has 0 radical (unpaired) electrons. The summed E-state index contributed by atoms with van der Waals surface area (Å²) >= 11 is 5.43. The fourth-order valence-corrected chi connectivity index (χ4v) is 4.14. The summed E-state index contributed by atoms with van der Waals surface area (Å²) in [5.41, 5.74) is 2.57. The summed E-state index contributed by atoms with van der Waals surface area (Å²) in [5, 5.41) is 3.36. The summed E-state index contributed by atoms with van der Waals surface area (Å²) in [7, 11) is 1.95. The van der Waals surface area contributed by atoms with E-state index in [4.69, 9.17) is 0 Å². The first-order valence-corrected chi connectivity index (χ1v) is 8.40. The van der Waals surface area contributed by atoms with Gasteiger partial charge < -0.3 is 15.3 Å². The summed E-state index contributed by atoms with van der Waals surface area (Å²) in [5.74, 6) is 0. The molecule has 3 N–H and O–H groups in total. The lowest BCUT2D eigenvalue weighted by atomic mass is 10.0. The second kappa shape index (κ2) is 5.79. The minimum atomic E-state index is -0.181. The molecule has 21 heavy (non-hydrogen) atoms. The molecule has 0 aliphatic heterocycles. The number of fused-ring (bicyclic) bond motifs is 1. The van der Waals surface area contributed by atoms with Crippen LogP contribution in [-0.4, -0.2) is 17.0 Å². The summed E-state index contributed by atoms with van der Waals surface area (Å²) in [6.07, 6.45) is 1.05. The van der Waals surface area contributed by atoms with Crippen molar-refractivity contribution in [3.63, 3.8) is 0 Å². The topological polar surface area (TPSA) is 60.7 Å². The summed E-state index contributed by atoms with van der Waals surface area (Å²) < 4.78 is 0.982. The van der Waals surface area contributed by atoms with Crippen LogP contribution in [0.2, 0.25) is 0 Å². The lowest BCUT2D eigenvalue weighted by molar-refractivity contribution is 0.702. The second-order valence-corrected chi connectivity index (χ2v) is 6.93. The van der Waals surface area contributed by atoms with Crippen molar-refractivity contribution < 1.29 is 0 Å². The molecule has 0 aliphatic rings. The number of hydrogen-bond donors (Lipinski definition) is 3. The van der Waals surface area contributed by atoms with E-state index in [1.54, 1.807) is 0 Å². The zero-order valence-corrected chi connectivity index (χ0v) is 14.2. The molecule has 3 rings (SSSR count). The maximum absolute atomic E-state index is 11.4. The largest absolute Gasteiger partial charge is 0.323 e.